The summed E-state index contributed by atoms with van der Waals surface area (Å²) in [5.74, 6) is 0. The summed E-state index contributed by atoms with van der Waals surface area (Å²) in [6.45, 7) is 3.18. The molecule has 0 saturated carbocycles. The summed E-state index contributed by atoms with van der Waals surface area (Å²) in [6.07, 6.45) is 9.91. The monoisotopic (exact) mass is 275 g/mol. The summed E-state index contributed by atoms with van der Waals surface area (Å²) in [5.41, 5.74) is 2.87. The van der Waals surface area contributed by atoms with E-state index in [0.29, 0.717) is 6.04 Å². The number of thiophene rings is 1. The quantitative estimate of drug-likeness (QED) is 0.888. The first kappa shape index (κ1) is 12.9. The first-order valence-electron chi connectivity index (χ1n) is 7.22. The maximum absolute atomic E-state index is 5.19. The standard InChI is InChI=1S/C16H21NOS/c1-2-17-14(9-12-7-8-18-11-12)16-10-13-5-3-4-6-15(13)19-16/h7-8,10-11,14,17H,2-6,9H2,1H3. The minimum absolute atomic E-state index is 0.429. The SMILES string of the molecule is CCNC(Cc1ccoc1)c1cc2c(s1)CCCC2. The average molecular weight is 275 g/mol. The molecule has 1 aliphatic carbocycles. The normalized spacial score (nSPS) is 16.3. The molecule has 1 N–H and O–H groups in total. The third-order valence-electron chi connectivity index (χ3n) is 3.83. The van der Waals surface area contributed by atoms with Gasteiger partial charge in [0.25, 0.3) is 0 Å². The Labute approximate surface area is 118 Å². The Morgan fingerprint density at radius 3 is 3.00 bits per heavy atom. The fraction of sp³-hybridized carbons (Fsp3) is 0.500. The van der Waals surface area contributed by atoms with Crippen LogP contribution in [0.25, 0.3) is 0 Å². The largest absolute Gasteiger partial charge is 0.472 e. The van der Waals surface area contributed by atoms with E-state index in [1.807, 2.05) is 17.6 Å². The molecule has 1 unspecified atom stereocenters. The van der Waals surface area contributed by atoms with Gasteiger partial charge in [0.05, 0.1) is 12.5 Å². The maximum Gasteiger partial charge on any atom is 0.0935 e. The molecule has 0 spiro atoms. The second kappa shape index (κ2) is 5.93. The van der Waals surface area contributed by atoms with Crippen LogP contribution in [0.15, 0.2) is 29.1 Å². The molecule has 0 bridgehead atoms. The number of fused-ring (bicyclic) bond motifs is 1. The molecule has 2 heterocycles. The van der Waals surface area contributed by atoms with Gasteiger partial charge >= 0.3 is 0 Å². The maximum atomic E-state index is 5.19. The van der Waals surface area contributed by atoms with E-state index in [1.54, 1.807) is 16.7 Å². The molecule has 102 valence electrons. The van der Waals surface area contributed by atoms with E-state index < -0.39 is 0 Å². The van der Waals surface area contributed by atoms with Gasteiger partial charge < -0.3 is 9.73 Å². The van der Waals surface area contributed by atoms with Crippen molar-refractivity contribution in [2.45, 2.75) is 45.1 Å². The Bertz CT molecular complexity index is 491. The summed E-state index contributed by atoms with van der Waals surface area (Å²) >= 11 is 2.01. The number of hydrogen-bond acceptors (Lipinski definition) is 3. The van der Waals surface area contributed by atoms with E-state index in [1.165, 1.54) is 36.1 Å². The van der Waals surface area contributed by atoms with E-state index in [4.69, 9.17) is 4.42 Å². The average Bonchev–Trinajstić information content (AvgIpc) is 3.06. The van der Waals surface area contributed by atoms with Crippen LogP contribution in [0.5, 0.6) is 0 Å². The lowest BCUT2D eigenvalue weighted by Gasteiger charge is -2.15. The molecule has 0 radical (unpaired) electrons. The van der Waals surface area contributed by atoms with Gasteiger partial charge in [-0.15, -0.1) is 11.3 Å². The Kier molecular flexibility index (Phi) is 4.04. The zero-order valence-corrected chi connectivity index (χ0v) is 12.3. The number of likely N-dealkylation sites (N-methyl/N-ethyl adjacent to an activating group) is 1. The third-order valence-corrected chi connectivity index (χ3v) is 5.18. The highest BCUT2D eigenvalue weighted by atomic mass is 32.1. The van der Waals surface area contributed by atoms with Gasteiger partial charge in [0.15, 0.2) is 0 Å². The van der Waals surface area contributed by atoms with Crippen LogP contribution in [-0.4, -0.2) is 6.54 Å². The zero-order valence-electron chi connectivity index (χ0n) is 11.4. The minimum atomic E-state index is 0.429. The van der Waals surface area contributed by atoms with Crippen LogP contribution in [0.1, 0.15) is 46.7 Å². The van der Waals surface area contributed by atoms with E-state index in [0.717, 1.165) is 13.0 Å². The van der Waals surface area contributed by atoms with Gasteiger partial charge in [0.2, 0.25) is 0 Å². The molecular weight excluding hydrogens is 254 g/mol. The summed E-state index contributed by atoms with van der Waals surface area (Å²) in [6, 6.07) is 4.93. The third kappa shape index (κ3) is 2.93. The smallest absolute Gasteiger partial charge is 0.0935 e. The summed E-state index contributed by atoms with van der Waals surface area (Å²) < 4.78 is 5.19. The molecule has 0 aromatic carbocycles. The lowest BCUT2D eigenvalue weighted by Crippen LogP contribution is -2.21. The second-order valence-electron chi connectivity index (χ2n) is 5.25. The first-order chi connectivity index (χ1) is 9.36. The van der Waals surface area contributed by atoms with Gasteiger partial charge in [-0.25, -0.2) is 0 Å². The van der Waals surface area contributed by atoms with Crippen molar-refractivity contribution in [3.8, 4) is 0 Å². The molecule has 0 aliphatic heterocycles. The van der Waals surface area contributed by atoms with E-state index in [2.05, 4.69) is 24.4 Å². The highest BCUT2D eigenvalue weighted by Crippen LogP contribution is 2.34. The van der Waals surface area contributed by atoms with Crippen molar-refractivity contribution in [2.24, 2.45) is 0 Å². The number of furan rings is 1. The van der Waals surface area contributed by atoms with Gasteiger partial charge in [-0.3, -0.25) is 0 Å². The summed E-state index contributed by atoms with van der Waals surface area (Å²) in [5, 5.41) is 3.62. The van der Waals surface area contributed by atoms with Crippen LogP contribution < -0.4 is 5.32 Å². The predicted molar refractivity (Wildman–Crippen MR) is 79.8 cm³/mol. The van der Waals surface area contributed by atoms with Gasteiger partial charge in [0.1, 0.15) is 0 Å². The van der Waals surface area contributed by atoms with Crippen molar-refractivity contribution in [1.82, 2.24) is 5.32 Å². The molecule has 1 atom stereocenters. The van der Waals surface area contributed by atoms with Crippen LogP contribution in [0, 0.1) is 0 Å². The van der Waals surface area contributed by atoms with E-state index >= 15 is 0 Å². The summed E-state index contributed by atoms with van der Waals surface area (Å²) in [4.78, 5) is 3.12. The van der Waals surface area contributed by atoms with E-state index in [-0.39, 0.29) is 0 Å². The zero-order chi connectivity index (χ0) is 13.1. The Morgan fingerprint density at radius 2 is 2.26 bits per heavy atom. The van der Waals surface area contributed by atoms with Gasteiger partial charge in [0, 0.05) is 15.8 Å². The molecule has 3 heteroatoms. The van der Waals surface area contributed by atoms with Crippen molar-refractivity contribution in [3.63, 3.8) is 0 Å². The Balaban J connectivity index is 1.80. The van der Waals surface area contributed by atoms with Crippen LogP contribution >= 0.6 is 11.3 Å². The molecule has 2 nitrogen and oxygen atoms in total. The summed E-state index contributed by atoms with van der Waals surface area (Å²) in [7, 11) is 0. The molecule has 0 amide bonds. The van der Waals surface area contributed by atoms with Gasteiger partial charge in [-0.1, -0.05) is 6.92 Å². The Morgan fingerprint density at radius 1 is 1.37 bits per heavy atom. The highest BCUT2D eigenvalue weighted by Gasteiger charge is 2.19. The molecule has 2 aromatic rings. The van der Waals surface area contributed by atoms with Crippen molar-refractivity contribution in [1.29, 1.82) is 0 Å². The van der Waals surface area contributed by atoms with Gasteiger partial charge in [-0.05, 0) is 61.9 Å². The predicted octanol–water partition coefficient (Wildman–Crippen LogP) is 4.11. The molecule has 0 fully saturated rings. The number of aryl methyl sites for hydroxylation is 2. The lowest BCUT2D eigenvalue weighted by atomic mass is 9.98. The van der Waals surface area contributed by atoms with Crippen molar-refractivity contribution >= 4 is 11.3 Å². The molecule has 1 aliphatic rings. The molecular formula is C16H21NOS. The Hall–Kier alpha value is -1.06. The molecule has 19 heavy (non-hydrogen) atoms. The van der Waals surface area contributed by atoms with E-state index in [9.17, 15) is 0 Å². The van der Waals surface area contributed by atoms with Crippen molar-refractivity contribution in [2.75, 3.05) is 6.54 Å². The minimum Gasteiger partial charge on any atom is -0.472 e. The number of rotatable bonds is 5. The van der Waals surface area contributed by atoms with Crippen molar-refractivity contribution < 1.29 is 4.42 Å². The van der Waals surface area contributed by atoms with Crippen LogP contribution in [0.4, 0.5) is 0 Å². The molecule has 2 aromatic heterocycles. The number of nitrogens with one attached hydrogen (secondary N) is 1. The highest BCUT2D eigenvalue weighted by molar-refractivity contribution is 7.12. The fourth-order valence-electron chi connectivity index (χ4n) is 2.85. The second-order valence-corrected chi connectivity index (χ2v) is 6.42. The van der Waals surface area contributed by atoms with Gasteiger partial charge in [-0.2, -0.15) is 0 Å². The van der Waals surface area contributed by atoms with Crippen molar-refractivity contribution in [3.05, 3.63) is 45.5 Å². The lowest BCUT2D eigenvalue weighted by molar-refractivity contribution is 0.539. The fourth-order valence-corrected chi connectivity index (χ4v) is 4.18. The van der Waals surface area contributed by atoms with Crippen LogP contribution in [0.3, 0.4) is 0 Å². The topological polar surface area (TPSA) is 25.2 Å². The van der Waals surface area contributed by atoms with Crippen LogP contribution in [-0.2, 0) is 19.3 Å². The number of hydrogen-bond donors (Lipinski definition) is 1. The van der Waals surface area contributed by atoms with Crippen LogP contribution in [0.2, 0.25) is 0 Å². The molecule has 3 rings (SSSR count). The first-order valence-corrected chi connectivity index (χ1v) is 8.04. The molecule has 0 saturated heterocycles.